The molecule has 0 amide bonds. The lowest BCUT2D eigenvalue weighted by Gasteiger charge is -2.43. The number of allylic oxidation sites excluding steroid dienone is 1. The van der Waals surface area contributed by atoms with Crippen molar-refractivity contribution in [2.24, 2.45) is 0 Å². The van der Waals surface area contributed by atoms with E-state index in [2.05, 4.69) is 37.8 Å². The summed E-state index contributed by atoms with van der Waals surface area (Å²) < 4.78 is 5.25. The van der Waals surface area contributed by atoms with Crippen LogP contribution in [0.2, 0.25) is 5.02 Å². The summed E-state index contributed by atoms with van der Waals surface area (Å²) >= 11 is 6.15. The van der Waals surface area contributed by atoms with Crippen LogP contribution >= 0.6 is 11.6 Å². The van der Waals surface area contributed by atoms with Crippen LogP contribution in [0.3, 0.4) is 0 Å². The summed E-state index contributed by atoms with van der Waals surface area (Å²) in [7, 11) is 0. The smallest absolute Gasteiger partial charge is 0.308 e. The number of anilines is 1. The molecule has 0 aliphatic carbocycles. The minimum Gasteiger partial charge on any atom is -0.427 e. The van der Waals surface area contributed by atoms with Crippen LogP contribution in [0.5, 0.6) is 5.75 Å². The number of rotatable bonds is 3. The van der Waals surface area contributed by atoms with E-state index in [1.165, 1.54) is 12.5 Å². The molecule has 0 saturated heterocycles. The van der Waals surface area contributed by atoms with Gasteiger partial charge in [-0.3, -0.25) is 4.79 Å². The largest absolute Gasteiger partial charge is 0.427 e. The number of carbonyl (C=O) groups excluding carboxylic acids is 1. The van der Waals surface area contributed by atoms with E-state index in [1.807, 2.05) is 36.4 Å². The van der Waals surface area contributed by atoms with Crippen LogP contribution in [0, 0.1) is 0 Å². The minimum atomic E-state index is -0.312. The Kier molecular flexibility index (Phi) is 4.61. The highest BCUT2D eigenvalue weighted by atomic mass is 35.5. The lowest BCUT2D eigenvalue weighted by Crippen LogP contribution is -2.44. The summed E-state index contributed by atoms with van der Waals surface area (Å²) in [5, 5.41) is 0.740. The van der Waals surface area contributed by atoms with Gasteiger partial charge in [-0.05, 0) is 62.2 Å². The van der Waals surface area contributed by atoms with Gasteiger partial charge in [-0.1, -0.05) is 29.8 Å². The molecule has 0 aromatic heterocycles. The SMILES string of the molecule is CC(=O)Oc1ccc2c(c1)C(C)=CC(C)(C)N2Cc1cccc(Cl)c1. The van der Waals surface area contributed by atoms with Gasteiger partial charge in [0.15, 0.2) is 0 Å². The third-order valence-corrected chi connectivity index (χ3v) is 4.68. The zero-order chi connectivity index (χ0) is 18.2. The summed E-state index contributed by atoms with van der Waals surface area (Å²) in [6.07, 6.45) is 2.25. The molecular formula is C21H22ClNO2. The van der Waals surface area contributed by atoms with Crippen molar-refractivity contribution in [3.8, 4) is 5.75 Å². The second-order valence-corrected chi connectivity index (χ2v) is 7.41. The van der Waals surface area contributed by atoms with Gasteiger partial charge in [-0.2, -0.15) is 0 Å². The quantitative estimate of drug-likeness (QED) is 0.540. The number of ether oxygens (including phenoxy) is 1. The van der Waals surface area contributed by atoms with Gasteiger partial charge in [0, 0.05) is 29.7 Å². The molecule has 4 heteroatoms. The van der Waals surface area contributed by atoms with Crippen molar-refractivity contribution in [2.75, 3.05) is 4.90 Å². The number of hydrogen-bond donors (Lipinski definition) is 0. The fourth-order valence-electron chi connectivity index (χ4n) is 3.40. The Bertz CT molecular complexity index is 855. The van der Waals surface area contributed by atoms with Gasteiger partial charge in [0.2, 0.25) is 0 Å². The Labute approximate surface area is 153 Å². The molecule has 0 fully saturated rings. The number of benzene rings is 2. The second kappa shape index (κ2) is 6.57. The predicted molar refractivity (Wildman–Crippen MR) is 103 cm³/mol. The van der Waals surface area contributed by atoms with E-state index in [1.54, 1.807) is 0 Å². The molecule has 0 spiro atoms. The van der Waals surface area contributed by atoms with Gasteiger partial charge in [-0.25, -0.2) is 0 Å². The zero-order valence-corrected chi connectivity index (χ0v) is 15.7. The molecule has 130 valence electrons. The van der Waals surface area contributed by atoms with Crippen LogP contribution in [0.15, 0.2) is 48.5 Å². The number of hydrogen-bond acceptors (Lipinski definition) is 3. The topological polar surface area (TPSA) is 29.5 Å². The molecule has 0 radical (unpaired) electrons. The molecule has 0 unspecified atom stereocenters. The molecule has 1 heterocycles. The van der Waals surface area contributed by atoms with E-state index in [4.69, 9.17) is 16.3 Å². The Morgan fingerprint density at radius 2 is 1.96 bits per heavy atom. The highest BCUT2D eigenvalue weighted by Gasteiger charge is 2.31. The molecule has 2 aromatic rings. The highest BCUT2D eigenvalue weighted by Crippen LogP contribution is 2.41. The summed E-state index contributed by atoms with van der Waals surface area (Å²) in [4.78, 5) is 13.6. The zero-order valence-electron chi connectivity index (χ0n) is 15.0. The van der Waals surface area contributed by atoms with Crippen molar-refractivity contribution in [3.05, 3.63) is 64.7 Å². The van der Waals surface area contributed by atoms with E-state index in [9.17, 15) is 4.79 Å². The number of nitrogens with zero attached hydrogens (tertiary/aromatic N) is 1. The molecule has 0 N–H and O–H groups in total. The minimum absolute atomic E-state index is 0.137. The maximum atomic E-state index is 11.2. The summed E-state index contributed by atoms with van der Waals surface area (Å²) in [5.74, 6) is 0.259. The van der Waals surface area contributed by atoms with Gasteiger partial charge >= 0.3 is 5.97 Å². The predicted octanol–water partition coefficient (Wildman–Crippen LogP) is 5.47. The fourth-order valence-corrected chi connectivity index (χ4v) is 3.61. The van der Waals surface area contributed by atoms with Gasteiger partial charge in [-0.15, -0.1) is 0 Å². The highest BCUT2D eigenvalue weighted by molar-refractivity contribution is 6.30. The number of fused-ring (bicyclic) bond motifs is 1. The van der Waals surface area contributed by atoms with Crippen LogP contribution in [0.1, 0.15) is 38.8 Å². The number of halogens is 1. The van der Waals surface area contributed by atoms with E-state index >= 15 is 0 Å². The van der Waals surface area contributed by atoms with Gasteiger partial charge in [0.05, 0.1) is 5.54 Å². The van der Waals surface area contributed by atoms with Gasteiger partial charge < -0.3 is 9.64 Å². The van der Waals surface area contributed by atoms with Gasteiger partial charge in [0.1, 0.15) is 5.75 Å². The lowest BCUT2D eigenvalue weighted by atomic mass is 9.88. The normalized spacial score (nSPS) is 15.4. The van der Waals surface area contributed by atoms with Crippen molar-refractivity contribution in [1.82, 2.24) is 0 Å². The van der Waals surface area contributed by atoms with E-state index in [-0.39, 0.29) is 11.5 Å². The average Bonchev–Trinajstić information content (AvgIpc) is 2.51. The summed E-state index contributed by atoms with van der Waals surface area (Å²) in [5.41, 5.74) is 4.41. The standard InChI is InChI=1S/C21H22ClNO2/c1-14-12-21(3,4)23(13-16-6-5-7-17(22)10-16)20-9-8-18(11-19(14)20)25-15(2)24/h5-12H,13H2,1-4H3. The molecule has 1 aliphatic heterocycles. The molecular weight excluding hydrogens is 334 g/mol. The van der Waals surface area contributed by atoms with Crippen LogP contribution in [-0.4, -0.2) is 11.5 Å². The summed E-state index contributed by atoms with van der Waals surface area (Å²) in [6, 6.07) is 13.7. The van der Waals surface area contributed by atoms with Crippen LogP contribution < -0.4 is 9.64 Å². The monoisotopic (exact) mass is 355 g/mol. The van der Waals surface area contributed by atoms with Crippen LogP contribution in [0.4, 0.5) is 5.69 Å². The van der Waals surface area contributed by atoms with Crippen molar-refractivity contribution in [3.63, 3.8) is 0 Å². The molecule has 25 heavy (non-hydrogen) atoms. The molecule has 1 aliphatic rings. The Hall–Kier alpha value is -2.26. The van der Waals surface area contributed by atoms with E-state index in [0.29, 0.717) is 5.75 Å². The maximum absolute atomic E-state index is 11.2. The Morgan fingerprint density at radius 3 is 2.64 bits per heavy atom. The first-order chi connectivity index (χ1) is 11.8. The first-order valence-electron chi connectivity index (χ1n) is 8.31. The van der Waals surface area contributed by atoms with Crippen LogP contribution in [0.25, 0.3) is 5.57 Å². The maximum Gasteiger partial charge on any atom is 0.308 e. The van der Waals surface area contributed by atoms with Crippen LogP contribution in [-0.2, 0) is 11.3 Å². The molecule has 2 aromatic carbocycles. The number of carbonyl (C=O) groups is 1. The lowest BCUT2D eigenvalue weighted by molar-refractivity contribution is -0.131. The molecule has 0 atom stereocenters. The molecule has 0 bridgehead atoms. The molecule has 0 saturated carbocycles. The van der Waals surface area contributed by atoms with Crippen molar-refractivity contribution >= 4 is 28.8 Å². The third kappa shape index (κ3) is 3.72. The van der Waals surface area contributed by atoms with Crippen molar-refractivity contribution in [1.29, 1.82) is 0 Å². The molecule has 3 rings (SSSR count). The average molecular weight is 356 g/mol. The second-order valence-electron chi connectivity index (χ2n) is 6.97. The number of esters is 1. The fraction of sp³-hybridized carbons (Fsp3) is 0.286. The molecule has 3 nitrogen and oxygen atoms in total. The van der Waals surface area contributed by atoms with Crippen molar-refractivity contribution < 1.29 is 9.53 Å². The van der Waals surface area contributed by atoms with Crippen molar-refractivity contribution in [2.45, 2.75) is 39.8 Å². The van der Waals surface area contributed by atoms with Gasteiger partial charge in [0.25, 0.3) is 0 Å². The van der Waals surface area contributed by atoms with E-state index < -0.39 is 0 Å². The summed E-state index contributed by atoms with van der Waals surface area (Å²) in [6.45, 7) is 8.65. The first kappa shape index (κ1) is 17.6. The van der Waals surface area contributed by atoms with E-state index in [0.717, 1.165) is 28.4 Å². The Morgan fingerprint density at radius 1 is 1.20 bits per heavy atom. The Balaban J connectivity index is 2.03. The first-order valence-corrected chi connectivity index (χ1v) is 8.68. The third-order valence-electron chi connectivity index (χ3n) is 4.44.